The Kier molecular flexibility index (Phi) is 6.15. The fourth-order valence-corrected chi connectivity index (χ4v) is 4.10. The highest BCUT2D eigenvalue weighted by Crippen LogP contribution is 2.34. The highest BCUT2D eigenvalue weighted by Gasteiger charge is 2.24. The van der Waals surface area contributed by atoms with Crippen molar-refractivity contribution < 1.29 is 9.90 Å². The van der Waals surface area contributed by atoms with Crippen LogP contribution in [0.15, 0.2) is 42.9 Å². The Morgan fingerprint density at radius 2 is 1.90 bits per heavy atom. The predicted molar refractivity (Wildman–Crippen MR) is 121 cm³/mol. The van der Waals surface area contributed by atoms with Crippen LogP contribution in [0.3, 0.4) is 0 Å². The second kappa shape index (κ2) is 8.99. The number of hydrogen-bond acceptors (Lipinski definition) is 6. The number of aryl methyl sites for hydroxylation is 1. The molecule has 1 aromatic carbocycles. The van der Waals surface area contributed by atoms with Gasteiger partial charge in [0, 0.05) is 36.0 Å². The van der Waals surface area contributed by atoms with Gasteiger partial charge in [-0.05, 0) is 43.5 Å². The average molecular weight is 438 g/mol. The Hall–Kier alpha value is -3.03. The van der Waals surface area contributed by atoms with Gasteiger partial charge in [0.05, 0.1) is 28.1 Å². The smallest absolute Gasteiger partial charge is 0.255 e. The number of halogens is 1. The van der Waals surface area contributed by atoms with Gasteiger partial charge < -0.3 is 15.7 Å². The lowest BCUT2D eigenvalue weighted by Crippen LogP contribution is -2.40. The molecule has 0 spiro atoms. The molecule has 160 valence electrons. The number of aliphatic hydroxyl groups is 1. The van der Waals surface area contributed by atoms with E-state index in [-0.39, 0.29) is 12.0 Å². The first-order chi connectivity index (χ1) is 15.0. The molecule has 0 aliphatic carbocycles. The van der Waals surface area contributed by atoms with Crippen molar-refractivity contribution in [2.75, 3.05) is 18.8 Å². The number of aromatic nitrogens is 3. The summed E-state index contributed by atoms with van der Waals surface area (Å²) in [6.07, 6.45) is 4.80. The number of nitrogens with zero attached hydrogens (tertiary/aromatic N) is 4. The molecular weight excluding hydrogens is 414 g/mol. The van der Waals surface area contributed by atoms with Crippen molar-refractivity contribution >= 4 is 23.3 Å². The van der Waals surface area contributed by atoms with Crippen LogP contribution in [0.2, 0.25) is 5.02 Å². The van der Waals surface area contributed by atoms with E-state index in [0.717, 1.165) is 34.5 Å². The molecule has 0 bridgehead atoms. The van der Waals surface area contributed by atoms with Crippen molar-refractivity contribution in [3.63, 3.8) is 0 Å². The van der Waals surface area contributed by atoms with E-state index in [0.29, 0.717) is 42.3 Å². The van der Waals surface area contributed by atoms with Crippen LogP contribution < -0.4 is 5.73 Å². The SMILES string of the molecule is CCc1ncnc(-c2ccc(C(=O)N3CCC(O)CC3)c(Cl)c2)c1-c1ccc(N)nc1. The molecule has 3 N–H and O–H groups in total. The standard InChI is InChI=1S/C23H24ClN5O2/c1-2-19-21(15-4-6-20(25)26-12-15)22(28-13-27-19)14-3-5-17(18(24)11-14)23(31)29-9-7-16(30)8-10-29/h3-6,11-13,16,30H,2,7-10H2,1H3,(H2,25,26). The molecule has 31 heavy (non-hydrogen) atoms. The maximum Gasteiger partial charge on any atom is 0.255 e. The minimum Gasteiger partial charge on any atom is -0.393 e. The summed E-state index contributed by atoms with van der Waals surface area (Å²) in [4.78, 5) is 27.8. The van der Waals surface area contributed by atoms with Crippen LogP contribution >= 0.6 is 11.6 Å². The third kappa shape index (κ3) is 4.38. The van der Waals surface area contributed by atoms with E-state index in [1.54, 1.807) is 29.3 Å². The first kappa shape index (κ1) is 21.2. The predicted octanol–water partition coefficient (Wildman–Crippen LogP) is 3.60. The molecule has 1 aliphatic heterocycles. The zero-order valence-corrected chi connectivity index (χ0v) is 18.0. The first-order valence-corrected chi connectivity index (χ1v) is 10.7. The van der Waals surface area contributed by atoms with Gasteiger partial charge in [-0.3, -0.25) is 4.79 Å². The number of amides is 1. The quantitative estimate of drug-likeness (QED) is 0.646. The first-order valence-electron chi connectivity index (χ1n) is 10.3. The number of carbonyl (C=O) groups is 1. The van der Waals surface area contributed by atoms with E-state index >= 15 is 0 Å². The van der Waals surface area contributed by atoms with E-state index in [4.69, 9.17) is 17.3 Å². The average Bonchev–Trinajstić information content (AvgIpc) is 2.79. The molecule has 2 aromatic heterocycles. The number of benzene rings is 1. The van der Waals surface area contributed by atoms with Crippen LogP contribution in [-0.2, 0) is 6.42 Å². The third-order valence-electron chi connectivity index (χ3n) is 5.56. The van der Waals surface area contributed by atoms with Crippen LogP contribution in [0.1, 0.15) is 35.8 Å². The molecule has 0 saturated carbocycles. The number of hydrogen-bond donors (Lipinski definition) is 2. The lowest BCUT2D eigenvalue weighted by Gasteiger charge is -2.30. The van der Waals surface area contributed by atoms with Gasteiger partial charge in [0.15, 0.2) is 0 Å². The van der Waals surface area contributed by atoms with Crippen molar-refractivity contribution in [3.05, 3.63) is 59.1 Å². The number of carbonyl (C=O) groups excluding carboxylic acids is 1. The number of piperidine rings is 1. The summed E-state index contributed by atoms with van der Waals surface area (Å²) >= 11 is 6.55. The zero-order valence-electron chi connectivity index (χ0n) is 17.3. The van der Waals surface area contributed by atoms with Gasteiger partial charge in [0.2, 0.25) is 0 Å². The Bertz CT molecular complexity index is 1100. The summed E-state index contributed by atoms with van der Waals surface area (Å²) in [5.74, 6) is 0.319. The number of nitrogens with two attached hydrogens (primary N) is 1. The molecule has 1 aliphatic rings. The molecule has 1 fully saturated rings. The lowest BCUT2D eigenvalue weighted by atomic mass is 9.97. The normalized spacial score (nSPS) is 14.6. The Morgan fingerprint density at radius 1 is 1.16 bits per heavy atom. The van der Waals surface area contributed by atoms with Gasteiger partial charge >= 0.3 is 0 Å². The van der Waals surface area contributed by atoms with E-state index in [9.17, 15) is 9.90 Å². The number of rotatable bonds is 4. The molecule has 8 heteroatoms. The minimum absolute atomic E-state index is 0.122. The number of nitrogen functional groups attached to an aromatic ring is 1. The fourth-order valence-electron chi connectivity index (χ4n) is 3.84. The van der Waals surface area contributed by atoms with Gasteiger partial charge in [0.25, 0.3) is 5.91 Å². The van der Waals surface area contributed by atoms with E-state index in [1.165, 1.54) is 6.33 Å². The summed E-state index contributed by atoms with van der Waals surface area (Å²) < 4.78 is 0. The molecule has 1 saturated heterocycles. The summed E-state index contributed by atoms with van der Waals surface area (Å²) in [5, 5.41) is 10.1. The Balaban J connectivity index is 1.71. The molecule has 7 nitrogen and oxygen atoms in total. The largest absolute Gasteiger partial charge is 0.393 e. The number of aliphatic hydroxyl groups excluding tert-OH is 1. The maximum absolute atomic E-state index is 12.9. The molecule has 3 heterocycles. The topological polar surface area (TPSA) is 105 Å². The summed E-state index contributed by atoms with van der Waals surface area (Å²) in [6, 6.07) is 9.01. The van der Waals surface area contributed by atoms with Crippen LogP contribution in [0.5, 0.6) is 0 Å². The van der Waals surface area contributed by atoms with Crippen molar-refractivity contribution in [2.24, 2.45) is 0 Å². The van der Waals surface area contributed by atoms with E-state index in [1.807, 2.05) is 19.1 Å². The maximum atomic E-state index is 12.9. The molecule has 3 aromatic rings. The van der Waals surface area contributed by atoms with Crippen molar-refractivity contribution in [1.82, 2.24) is 19.9 Å². The summed E-state index contributed by atoms with van der Waals surface area (Å²) in [6.45, 7) is 3.08. The highest BCUT2D eigenvalue weighted by atomic mass is 35.5. The van der Waals surface area contributed by atoms with Gasteiger partial charge in [-0.15, -0.1) is 0 Å². The fraction of sp³-hybridized carbons (Fsp3) is 0.304. The van der Waals surface area contributed by atoms with Gasteiger partial charge in [-0.25, -0.2) is 15.0 Å². The lowest BCUT2D eigenvalue weighted by molar-refractivity contribution is 0.0546. The second-order valence-electron chi connectivity index (χ2n) is 7.59. The van der Waals surface area contributed by atoms with Crippen LogP contribution in [0.4, 0.5) is 5.82 Å². The number of pyridine rings is 1. The summed E-state index contributed by atoms with van der Waals surface area (Å²) in [5.41, 5.74) is 10.3. The van der Waals surface area contributed by atoms with Crippen molar-refractivity contribution in [2.45, 2.75) is 32.3 Å². The van der Waals surface area contributed by atoms with Gasteiger partial charge in [-0.2, -0.15) is 0 Å². The van der Waals surface area contributed by atoms with Crippen LogP contribution in [-0.4, -0.2) is 50.1 Å². The monoisotopic (exact) mass is 437 g/mol. The van der Waals surface area contributed by atoms with Gasteiger partial charge in [-0.1, -0.05) is 24.6 Å². The molecule has 0 unspecified atom stereocenters. The Morgan fingerprint density at radius 3 is 2.55 bits per heavy atom. The molecule has 0 radical (unpaired) electrons. The van der Waals surface area contributed by atoms with E-state index in [2.05, 4.69) is 15.0 Å². The molecule has 1 amide bonds. The molecule has 4 rings (SSSR count). The van der Waals surface area contributed by atoms with E-state index < -0.39 is 0 Å². The number of likely N-dealkylation sites (tertiary alicyclic amines) is 1. The second-order valence-corrected chi connectivity index (χ2v) is 7.99. The highest BCUT2D eigenvalue weighted by molar-refractivity contribution is 6.34. The molecular formula is C23H24ClN5O2. The van der Waals surface area contributed by atoms with Gasteiger partial charge in [0.1, 0.15) is 12.1 Å². The molecule has 0 atom stereocenters. The van der Waals surface area contributed by atoms with Crippen LogP contribution in [0.25, 0.3) is 22.4 Å². The Labute approximate surface area is 185 Å². The minimum atomic E-state index is -0.339. The third-order valence-corrected chi connectivity index (χ3v) is 5.87. The van der Waals surface area contributed by atoms with Crippen molar-refractivity contribution in [1.29, 1.82) is 0 Å². The van der Waals surface area contributed by atoms with Crippen molar-refractivity contribution in [3.8, 4) is 22.4 Å². The summed E-state index contributed by atoms with van der Waals surface area (Å²) in [7, 11) is 0. The number of anilines is 1. The zero-order chi connectivity index (χ0) is 22.0. The van der Waals surface area contributed by atoms with Crippen LogP contribution in [0, 0.1) is 0 Å².